The second-order valence-corrected chi connectivity index (χ2v) is 5.62. The molecule has 0 N–H and O–H groups in total. The Labute approximate surface area is 127 Å². The summed E-state index contributed by atoms with van der Waals surface area (Å²) in [5, 5.41) is 8.60. The lowest BCUT2D eigenvalue weighted by molar-refractivity contribution is -0.134. The molecule has 1 aromatic rings. The summed E-state index contributed by atoms with van der Waals surface area (Å²) in [5.74, 6) is 0.719. The maximum Gasteiger partial charge on any atom is 0.310 e. The number of thioether (sulfide) groups is 1. The van der Waals surface area contributed by atoms with Gasteiger partial charge < -0.3 is 9.64 Å². The number of carbonyl (C=O) groups is 2. The summed E-state index contributed by atoms with van der Waals surface area (Å²) in [7, 11) is 0. The molecule has 0 bridgehead atoms. The van der Waals surface area contributed by atoms with E-state index in [9.17, 15) is 9.59 Å². The molecule has 1 fully saturated rings. The van der Waals surface area contributed by atoms with Crippen LogP contribution < -0.4 is 4.74 Å². The maximum absolute atomic E-state index is 11.8. The van der Waals surface area contributed by atoms with Gasteiger partial charge in [-0.1, -0.05) is 19.1 Å². The first-order valence-corrected chi connectivity index (χ1v) is 7.79. The number of esters is 1. The molecule has 1 atom stereocenters. The van der Waals surface area contributed by atoms with Crippen LogP contribution in [0.4, 0.5) is 0 Å². The van der Waals surface area contributed by atoms with Crippen molar-refractivity contribution in [1.29, 1.82) is 5.26 Å². The van der Waals surface area contributed by atoms with E-state index in [1.54, 1.807) is 35.7 Å². The first-order chi connectivity index (χ1) is 10.2. The second kappa shape index (κ2) is 7.14. The van der Waals surface area contributed by atoms with Crippen molar-refractivity contribution in [2.45, 2.75) is 25.1 Å². The molecule has 0 aromatic heterocycles. The van der Waals surface area contributed by atoms with Crippen molar-refractivity contribution in [3.05, 3.63) is 29.8 Å². The Balaban J connectivity index is 2.08. The van der Waals surface area contributed by atoms with Crippen LogP contribution in [-0.2, 0) is 9.59 Å². The van der Waals surface area contributed by atoms with Gasteiger partial charge in [-0.2, -0.15) is 5.26 Å². The van der Waals surface area contributed by atoms with Crippen LogP contribution in [0, 0.1) is 11.3 Å². The fourth-order valence-corrected chi connectivity index (χ4v) is 3.27. The average Bonchev–Trinajstić information content (AvgIpc) is 2.86. The van der Waals surface area contributed by atoms with Gasteiger partial charge in [-0.05, 0) is 17.7 Å². The molecule has 0 radical (unpaired) electrons. The zero-order valence-corrected chi connectivity index (χ0v) is 12.6. The zero-order chi connectivity index (χ0) is 15.2. The molecule has 1 aliphatic heterocycles. The van der Waals surface area contributed by atoms with Crippen molar-refractivity contribution >= 4 is 23.6 Å². The summed E-state index contributed by atoms with van der Waals surface area (Å²) in [4.78, 5) is 24.8. The van der Waals surface area contributed by atoms with Gasteiger partial charge in [0.1, 0.15) is 11.1 Å². The minimum Gasteiger partial charge on any atom is -0.427 e. The van der Waals surface area contributed by atoms with Gasteiger partial charge >= 0.3 is 5.97 Å². The second-order valence-electron chi connectivity index (χ2n) is 4.56. The van der Waals surface area contributed by atoms with Crippen molar-refractivity contribution in [3.63, 3.8) is 0 Å². The van der Waals surface area contributed by atoms with Crippen molar-refractivity contribution in [1.82, 2.24) is 4.90 Å². The molecule has 1 saturated heterocycles. The molecule has 1 aliphatic rings. The van der Waals surface area contributed by atoms with E-state index in [2.05, 4.69) is 6.07 Å². The molecular formula is C15H16N2O3S. The third kappa shape index (κ3) is 3.76. The Morgan fingerprint density at radius 2 is 2.19 bits per heavy atom. The highest BCUT2D eigenvalue weighted by molar-refractivity contribution is 8.00. The van der Waals surface area contributed by atoms with Crippen LogP contribution in [0.25, 0.3) is 0 Å². The molecule has 21 heavy (non-hydrogen) atoms. The van der Waals surface area contributed by atoms with Gasteiger partial charge in [0.25, 0.3) is 0 Å². The number of hydrogen-bond acceptors (Lipinski definition) is 5. The topological polar surface area (TPSA) is 70.4 Å². The first-order valence-electron chi connectivity index (χ1n) is 6.74. The smallest absolute Gasteiger partial charge is 0.310 e. The highest BCUT2D eigenvalue weighted by Gasteiger charge is 2.32. The monoisotopic (exact) mass is 304 g/mol. The molecule has 1 unspecified atom stereocenters. The van der Waals surface area contributed by atoms with Gasteiger partial charge in [0.2, 0.25) is 5.91 Å². The number of carbonyl (C=O) groups excluding carboxylic acids is 2. The van der Waals surface area contributed by atoms with Crippen LogP contribution in [0.3, 0.4) is 0 Å². The number of amides is 1. The van der Waals surface area contributed by atoms with Crippen molar-refractivity contribution in [3.8, 4) is 11.8 Å². The molecule has 0 spiro atoms. The van der Waals surface area contributed by atoms with E-state index in [4.69, 9.17) is 10.00 Å². The number of rotatable bonds is 5. The van der Waals surface area contributed by atoms with Crippen molar-refractivity contribution < 1.29 is 14.3 Å². The molecular weight excluding hydrogens is 288 g/mol. The van der Waals surface area contributed by atoms with Gasteiger partial charge in [-0.25, -0.2) is 0 Å². The lowest BCUT2D eigenvalue weighted by Gasteiger charge is -2.23. The normalized spacial score (nSPS) is 17.6. The van der Waals surface area contributed by atoms with Crippen LogP contribution in [0.1, 0.15) is 30.7 Å². The fraction of sp³-hybridized carbons (Fsp3) is 0.400. The van der Waals surface area contributed by atoms with Crippen LogP contribution >= 0.6 is 11.8 Å². The van der Waals surface area contributed by atoms with E-state index < -0.39 is 0 Å². The number of hydrogen-bond donors (Lipinski definition) is 0. The van der Waals surface area contributed by atoms with Gasteiger partial charge in [-0.3, -0.25) is 9.59 Å². The van der Waals surface area contributed by atoms with Crippen molar-refractivity contribution in [2.24, 2.45) is 0 Å². The van der Waals surface area contributed by atoms with Crippen LogP contribution in [0.5, 0.6) is 5.75 Å². The summed E-state index contributed by atoms with van der Waals surface area (Å²) in [5.41, 5.74) is 0.972. The van der Waals surface area contributed by atoms with E-state index in [0.29, 0.717) is 30.9 Å². The Kier molecular flexibility index (Phi) is 5.23. The van der Waals surface area contributed by atoms with E-state index in [1.807, 2.05) is 12.1 Å². The summed E-state index contributed by atoms with van der Waals surface area (Å²) < 4.78 is 5.12. The first kappa shape index (κ1) is 15.4. The fourth-order valence-electron chi connectivity index (χ4n) is 2.05. The minimum atomic E-state index is -0.274. The van der Waals surface area contributed by atoms with Crippen LogP contribution in [0.2, 0.25) is 0 Å². The third-order valence-corrected chi connectivity index (χ3v) is 4.37. The maximum atomic E-state index is 11.8. The standard InChI is InChI=1S/C15H16N2O3S/c1-2-14(19)20-12-6-4-11(5-7-12)15-17(9-3-8-16)13(18)10-21-15/h4-7,15H,2-3,9-10H2,1H3. The highest BCUT2D eigenvalue weighted by Crippen LogP contribution is 2.38. The lowest BCUT2D eigenvalue weighted by atomic mass is 10.2. The van der Waals surface area contributed by atoms with E-state index in [-0.39, 0.29) is 17.3 Å². The third-order valence-electron chi connectivity index (χ3n) is 3.12. The molecule has 2 rings (SSSR count). The zero-order valence-electron chi connectivity index (χ0n) is 11.7. The lowest BCUT2D eigenvalue weighted by Crippen LogP contribution is -2.29. The molecule has 110 valence electrons. The van der Waals surface area contributed by atoms with Gasteiger partial charge in [-0.15, -0.1) is 11.8 Å². The quantitative estimate of drug-likeness (QED) is 0.617. The van der Waals surface area contributed by atoms with Gasteiger partial charge in [0, 0.05) is 13.0 Å². The Morgan fingerprint density at radius 3 is 2.81 bits per heavy atom. The number of nitriles is 1. The van der Waals surface area contributed by atoms with E-state index in [0.717, 1.165) is 5.56 Å². The molecule has 0 saturated carbocycles. The highest BCUT2D eigenvalue weighted by atomic mass is 32.2. The summed E-state index contributed by atoms with van der Waals surface area (Å²) in [6.07, 6.45) is 0.658. The predicted molar refractivity (Wildman–Crippen MR) is 79.5 cm³/mol. The minimum absolute atomic E-state index is 0.0572. The molecule has 6 heteroatoms. The Morgan fingerprint density at radius 1 is 1.48 bits per heavy atom. The Hall–Kier alpha value is -2.00. The summed E-state index contributed by atoms with van der Waals surface area (Å²) in [6.45, 7) is 2.18. The molecule has 1 aromatic carbocycles. The number of nitrogens with zero attached hydrogens (tertiary/aromatic N) is 2. The number of benzene rings is 1. The SMILES string of the molecule is CCC(=O)Oc1ccc(C2SCC(=O)N2CCC#N)cc1. The largest absolute Gasteiger partial charge is 0.427 e. The molecule has 1 amide bonds. The van der Waals surface area contributed by atoms with Gasteiger partial charge in [0.15, 0.2) is 0 Å². The summed E-state index contributed by atoms with van der Waals surface area (Å²) >= 11 is 1.55. The number of ether oxygens (including phenoxy) is 1. The predicted octanol–water partition coefficient (Wildman–Crippen LogP) is 2.49. The van der Waals surface area contributed by atoms with E-state index >= 15 is 0 Å². The molecule has 1 heterocycles. The van der Waals surface area contributed by atoms with Crippen molar-refractivity contribution in [2.75, 3.05) is 12.3 Å². The molecule has 0 aliphatic carbocycles. The van der Waals surface area contributed by atoms with Gasteiger partial charge in [0.05, 0.1) is 18.2 Å². The van der Waals surface area contributed by atoms with Crippen LogP contribution in [0.15, 0.2) is 24.3 Å². The van der Waals surface area contributed by atoms with Crippen LogP contribution in [-0.4, -0.2) is 29.1 Å². The summed E-state index contributed by atoms with van der Waals surface area (Å²) in [6, 6.07) is 9.24. The van der Waals surface area contributed by atoms with E-state index in [1.165, 1.54) is 0 Å². The molecule has 5 nitrogen and oxygen atoms in total. The average molecular weight is 304 g/mol. The Bertz CT molecular complexity index is 565.